The number of nitrogens with zero attached hydrogens (tertiary/aromatic N) is 6. The largest absolute Gasteiger partial charge is 0.267 e. The summed E-state index contributed by atoms with van der Waals surface area (Å²) in [5.74, 6) is 3.74. The van der Waals surface area contributed by atoms with Crippen LogP contribution in [0.15, 0.2) is 61.4 Å². The zero-order valence-electron chi connectivity index (χ0n) is 41.5. The fraction of sp³-hybridized carbons (Fsp3) is 0.660. The van der Waals surface area contributed by atoms with Gasteiger partial charge in [-0.2, -0.15) is 5.10 Å². The maximum absolute atomic E-state index is 4.40. The maximum Gasteiger partial charge on any atom is 0.0612 e. The highest BCUT2D eigenvalue weighted by Gasteiger charge is 2.14. The molecular formula is C50H92N6. The topological polar surface area (TPSA) is 69.4 Å². The van der Waals surface area contributed by atoms with Gasteiger partial charge in [-0.3, -0.25) is 24.6 Å². The van der Waals surface area contributed by atoms with Gasteiger partial charge < -0.3 is 0 Å². The van der Waals surface area contributed by atoms with Crippen LogP contribution in [-0.2, 0) is 5.54 Å². The van der Waals surface area contributed by atoms with Crippen LogP contribution in [0.3, 0.4) is 0 Å². The Balaban J connectivity index is -0.000000303. The molecule has 0 bridgehead atoms. The van der Waals surface area contributed by atoms with Crippen molar-refractivity contribution in [1.82, 2.24) is 29.7 Å². The molecule has 0 N–H and O–H groups in total. The van der Waals surface area contributed by atoms with E-state index in [9.17, 15) is 0 Å². The second-order valence-electron chi connectivity index (χ2n) is 15.9. The second kappa shape index (κ2) is 33.7. The van der Waals surface area contributed by atoms with E-state index in [1.54, 1.807) is 0 Å². The first kappa shape index (κ1) is 59.3. The Morgan fingerprint density at radius 2 is 0.643 bits per heavy atom. The lowest BCUT2D eigenvalue weighted by Crippen LogP contribution is -2.21. The lowest BCUT2D eigenvalue weighted by Gasteiger charge is -2.18. The minimum Gasteiger partial charge on any atom is -0.267 e. The molecule has 4 heterocycles. The Morgan fingerprint density at radius 3 is 0.804 bits per heavy atom. The summed E-state index contributed by atoms with van der Waals surface area (Å²) in [6, 6.07) is 8.60. The molecule has 6 heteroatoms. The van der Waals surface area contributed by atoms with Crippen LogP contribution in [0.25, 0.3) is 0 Å². The number of hydrogen-bond acceptors (Lipinski definition) is 5. The van der Waals surface area contributed by atoms with Crippen molar-refractivity contribution in [1.29, 1.82) is 0 Å². The van der Waals surface area contributed by atoms with Gasteiger partial charge in [-0.05, 0) is 91.0 Å². The van der Waals surface area contributed by atoms with Gasteiger partial charge in [0.1, 0.15) is 0 Å². The number of rotatable bonds is 7. The van der Waals surface area contributed by atoms with Gasteiger partial charge in [0.05, 0.1) is 23.1 Å². The van der Waals surface area contributed by atoms with Crippen molar-refractivity contribution in [3.63, 3.8) is 0 Å². The standard InChI is InChI=1S/2C11H17N.C10H18N2.C10H16N2.4C2H6/c2*1-8(2)10-5-6-11(9(3)4)12-7-10;1-8(2)9-6-11-12(7-9)10(3,4)5;1-7(2)9-5-12-10(6-11-9)8(3)4;4*1-2/h2*5-9H,1-4H3;6-8H,1-5H3;5-8H,1-4H3;4*1-2H3. The van der Waals surface area contributed by atoms with E-state index in [0.717, 1.165) is 11.4 Å². The summed E-state index contributed by atoms with van der Waals surface area (Å²) in [6.07, 6.45) is 11.8. The molecule has 0 saturated carbocycles. The third-order valence-electron chi connectivity index (χ3n) is 7.97. The summed E-state index contributed by atoms with van der Waals surface area (Å²) in [7, 11) is 0. The van der Waals surface area contributed by atoms with Crippen LogP contribution in [0.1, 0.15) is 254 Å². The minimum absolute atomic E-state index is 0.104. The van der Waals surface area contributed by atoms with Crippen LogP contribution in [0.4, 0.5) is 0 Å². The van der Waals surface area contributed by atoms with Crippen molar-refractivity contribution in [2.24, 2.45) is 0 Å². The molecule has 0 aromatic carbocycles. The maximum atomic E-state index is 4.40. The summed E-state index contributed by atoms with van der Waals surface area (Å²) >= 11 is 0. The highest BCUT2D eigenvalue weighted by molar-refractivity contribution is 5.19. The Bertz CT molecular complexity index is 1190. The molecule has 0 amide bonds. The molecule has 4 rings (SSSR count). The molecule has 0 aliphatic heterocycles. The summed E-state index contributed by atoms with van der Waals surface area (Å²) in [5, 5.41) is 4.33. The Morgan fingerprint density at radius 1 is 0.357 bits per heavy atom. The van der Waals surface area contributed by atoms with E-state index in [1.807, 2.05) is 91.1 Å². The first-order valence-corrected chi connectivity index (χ1v) is 22.0. The molecule has 0 spiro atoms. The summed E-state index contributed by atoms with van der Waals surface area (Å²) < 4.78 is 2.02. The zero-order chi connectivity index (χ0) is 44.8. The van der Waals surface area contributed by atoms with Gasteiger partial charge in [-0.15, -0.1) is 0 Å². The van der Waals surface area contributed by atoms with E-state index >= 15 is 0 Å². The molecule has 0 aliphatic carbocycles. The first-order chi connectivity index (χ1) is 26.2. The molecule has 0 aliphatic rings. The van der Waals surface area contributed by atoms with Crippen molar-refractivity contribution in [2.45, 2.75) is 220 Å². The van der Waals surface area contributed by atoms with Crippen molar-refractivity contribution in [3.8, 4) is 0 Å². The van der Waals surface area contributed by atoms with Gasteiger partial charge in [0.15, 0.2) is 0 Å². The highest BCUT2D eigenvalue weighted by atomic mass is 15.3. The van der Waals surface area contributed by atoms with Crippen molar-refractivity contribution < 1.29 is 0 Å². The molecule has 56 heavy (non-hydrogen) atoms. The highest BCUT2D eigenvalue weighted by Crippen LogP contribution is 2.19. The fourth-order valence-corrected chi connectivity index (χ4v) is 4.15. The van der Waals surface area contributed by atoms with E-state index in [2.05, 4.69) is 173 Å². The summed E-state index contributed by atoms with van der Waals surface area (Å²) in [4.78, 5) is 17.5. The molecule has 0 unspecified atom stereocenters. The van der Waals surface area contributed by atoms with Crippen LogP contribution in [0.2, 0.25) is 0 Å². The van der Waals surface area contributed by atoms with Crippen LogP contribution in [0, 0.1) is 0 Å². The van der Waals surface area contributed by atoms with Gasteiger partial charge in [0, 0.05) is 42.4 Å². The van der Waals surface area contributed by atoms with Crippen LogP contribution >= 0.6 is 0 Å². The SMILES string of the molecule is CC.CC.CC.CC.CC(C)c1ccc(C(C)C)nc1.CC(C)c1ccc(C(C)C)nc1.CC(C)c1cnc(C(C)C)cn1.CC(C)c1cnn(C(C)(C)C)c1. The molecule has 0 fully saturated rings. The third-order valence-corrected chi connectivity index (χ3v) is 7.97. The van der Waals surface area contributed by atoms with E-state index < -0.39 is 0 Å². The van der Waals surface area contributed by atoms with Crippen molar-refractivity contribution in [3.05, 3.63) is 101 Å². The average Bonchev–Trinajstić information content (AvgIpc) is 3.71. The third kappa shape index (κ3) is 25.7. The number of pyridine rings is 2. The molecule has 4 aromatic heterocycles. The molecule has 0 atom stereocenters. The smallest absolute Gasteiger partial charge is 0.0612 e. The predicted octanol–water partition coefficient (Wildman–Crippen LogP) is 16.2. The lowest BCUT2D eigenvalue weighted by atomic mass is 10.0. The quantitative estimate of drug-likeness (QED) is 0.187. The summed E-state index contributed by atoms with van der Waals surface area (Å²) in [5.41, 5.74) is 8.55. The molecule has 4 aromatic rings. The number of hydrogen-bond donors (Lipinski definition) is 0. The lowest BCUT2D eigenvalue weighted by molar-refractivity contribution is 0.355. The monoisotopic (exact) mass is 777 g/mol. The van der Waals surface area contributed by atoms with E-state index in [0.29, 0.717) is 41.4 Å². The molecule has 6 nitrogen and oxygen atoms in total. The van der Waals surface area contributed by atoms with Gasteiger partial charge in [0.2, 0.25) is 0 Å². The van der Waals surface area contributed by atoms with E-state index in [1.165, 1.54) is 28.1 Å². The summed E-state index contributed by atoms with van der Waals surface area (Å²) in [6.45, 7) is 52.7. The van der Waals surface area contributed by atoms with Crippen molar-refractivity contribution in [2.75, 3.05) is 0 Å². The molecular weight excluding hydrogens is 685 g/mol. The second-order valence-corrected chi connectivity index (χ2v) is 15.9. The van der Waals surface area contributed by atoms with Crippen LogP contribution in [-0.4, -0.2) is 29.7 Å². The van der Waals surface area contributed by atoms with Gasteiger partial charge >= 0.3 is 0 Å². The van der Waals surface area contributed by atoms with E-state index in [4.69, 9.17) is 0 Å². The predicted molar refractivity (Wildman–Crippen MR) is 252 cm³/mol. The van der Waals surface area contributed by atoms with Gasteiger partial charge in [-0.25, -0.2) is 0 Å². The van der Waals surface area contributed by atoms with Crippen LogP contribution < -0.4 is 0 Å². The van der Waals surface area contributed by atoms with Crippen molar-refractivity contribution >= 4 is 0 Å². The number of aromatic nitrogens is 6. The minimum atomic E-state index is 0.104. The first-order valence-electron chi connectivity index (χ1n) is 22.0. The van der Waals surface area contributed by atoms with Gasteiger partial charge in [0.25, 0.3) is 0 Å². The average molecular weight is 777 g/mol. The zero-order valence-corrected chi connectivity index (χ0v) is 41.5. The normalized spacial score (nSPS) is 10.3. The molecule has 0 saturated heterocycles. The molecule has 322 valence electrons. The Kier molecular flexibility index (Phi) is 35.7. The van der Waals surface area contributed by atoms with E-state index in [-0.39, 0.29) is 5.54 Å². The van der Waals surface area contributed by atoms with Crippen LogP contribution in [0.5, 0.6) is 0 Å². The van der Waals surface area contributed by atoms with Gasteiger partial charge in [-0.1, -0.05) is 164 Å². The Labute approximate surface area is 349 Å². The molecule has 0 radical (unpaired) electrons. The fourth-order valence-electron chi connectivity index (χ4n) is 4.15. The Hall–Kier alpha value is -3.41.